The molecular formula is C20H19FN4O2S. The van der Waals surface area contributed by atoms with Gasteiger partial charge in [-0.05, 0) is 54.1 Å². The normalized spacial score (nSPS) is 10.5. The Morgan fingerprint density at radius 2 is 1.79 bits per heavy atom. The molecule has 3 rings (SSSR count). The van der Waals surface area contributed by atoms with Crippen molar-refractivity contribution < 1.29 is 14.0 Å². The van der Waals surface area contributed by atoms with E-state index >= 15 is 0 Å². The molecule has 0 fully saturated rings. The molecule has 144 valence electrons. The van der Waals surface area contributed by atoms with Crippen LogP contribution in [0.3, 0.4) is 0 Å². The molecule has 6 nitrogen and oxygen atoms in total. The van der Waals surface area contributed by atoms with Gasteiger partial charge in [0.15, 0.2) is 5.16 Å². The standard InChI is InChI=1S/C20H19FN4O2S/c1-25(2)19(27)14-5-9-16(10-6-14)23-18(26)12-28-20-22-11-17(24-20)13-3-7-15(21)8-4-13/h3-11H,12H2,1-2H3,(H,22,24)(H,23,26). The number of imidazole rings is 1. The number of hydrogen-bond acceptors (Lipinski definition) is 4. The number of benzene rings is 2. The highest BCUT2D eigenvalue weighted by molar-refractivity contribution is 7.99. The van der Waals surface area contributed by atoms with E-state index in [0.29, 0.717) is 16.4 Å². The molecule has 2 amide bonds. The van der Waals surface area contributed by atoms with Crippen LogP contribution in [-0.4, -0.2) is 46.5 Å². The van der Waals surface area contributed by atoms with Crippen LogP contribution in [0.5, 0.6) is 0 Å². The fourth-order valence-corrected chi connectivity index (χ4v) is 3.09. The number of H-pyrrole nitrogens is 1. The largest absolute Gasteiger partial charge is 0.345 e. The molecule has 0 bridgehead atoms. The summed E-state index contributed by atoms with van der Waals surface area (Å²) in [5.74, 6) is -0.400. The molecule has 0 atom stereocenters. The van der Waals surface area contributed by atoms with Gasteiger partial charge in [-0.15, -0.1) is 0 Å². The zero-order chi connectivity index (χ0) is 20.1. The minimum absolute atomic E-state index is 0.0942. The average Bonchev–Trinajstić information content (AvgIpc) is 3.16. The zero-order valence-electron chi connectivity index (χ0n) is 15.4. The average molecular weight is 398 g/mol. The van der Waals surface area contributed by atoms with Crippen molar-refractivity contribution in [2.75, 3.05) is 25.2 Å². The summed E-state index contributed by atoms with van der Waals surface area (Å²) in [5.41, 5.74) is 2.75. The van der Waals surface area contributed by atoms with E-state index in [-0.39, 0.29) is 23.4 Å². The van der Waals surface area contributed by atoms with Gasteiger partial charge in [-0.1, -0.05) is 11.8 Å². The fraction of sp³-hybridized carbons (Fsp3) is 0.150. The number of halogens is 1. The maximum atomic E-state index is 13.0. The number of thioether (sulfide) groups is 1. The molecule has 2 aromatic carbocycles. The third-order valence-corrected chi connectivity index (χ3v) is 4.76. The molecule has 0 spiro atoms. The van der Waals surface area contributed by atoms with Gasteiger partial charge in [0.2, 0.25) is 5.91 Å². The summed E-state index contributed by atoms with van der Waals surface area (Å²) in [4.78, 5) is 32.8. The molecule has 0 aliphatic carbocycles. The first-order valence-corrected chi connectivity index (χ1v) is 9.46. The number of nitrogens with one attached hydrogen (secondary N) is 2. The quantitative estimate of drug-likeness (QED) is 0.622. The molecular weight excluding hydrogens is 379 g/mol. The first kappa shape index (κ1) is 19.6. The Balaban J connectivity index is 1.53. The second-order valence-electron chi connectivity index (χ2n) is 6.22. The second kappa shape index (κ2) is 8.71. The van der Waals surface area contributed by atoms with Crippen molar-refractivity contribution in [1.82, 2.24) is 14.9 Å². The van der Waals surface area contributed by atoms with Crippen LogP contribution in [0.4, 0.5) is 10.1 Å². The van der Waals surface area contributed by atoms with Crippen LogP contribution in [-0.2, 0) is 4.79 Å². The molecule has 0 saturated heterocycles. The van der Waals surface area contributed by atoms with Crippen molar-refractivity contribution >= 4 is 29.3 Å². The third kappa shape index (κ3) is 4.98. The first-order chi connectivity index (χ1) is 13.4. The number of amides is 2. The van der Waals surface area contributed by atoms with Gasteiger partial charge in [0.1, 0.15) is 5.82 Å². The topological polar surface area (TPSA) is 78.1 Å². The van der Waals surface area contributed by atoms with Crippen molar-refractivity contribution in [2.45, 2.75) is 5.16 Å². The lowest BCUT2D eigenvalue weighted by Crippen LogP contribution is -2.21. The van der Waals surface area contributed by atoms with Gasteiger partial charge >= 0.3 is 0 Å². The molecule has 0 radical (unpaired) electrons. The number of aromatic nitrogens is 2. The number of rotatable bonds is 6. The lowest BCUT2D eigenvalue weighted by Gasteiger charge is -2.10. The van der Waals surface area contributed by atoms with Crippen LogP contribution in [0.1, 0.15) is 10.4 Å². The number of aromatic amines is 1. The first-order valence-electron chi connectivity index (χ1n) is 8.47. The van der Waals surface area contributed by atoms with Gasteiger partial charge in [0, 0.05) is 25.3 Å². The van der Waals surface area contributed by atoms with E-state index in [4.69, 9.17) is 0 Å². The van der Waals surface area contributed by atoms with Gasteiger partial charge in [0.25, 0.3) is 5.91 Å². The van der Waals surface area contributed by atoms with Gasteiger partial charge in [0.05, 0.1) is 17.6 Å². The van der Waals surface area contributed by atoms with E-state index in [9.17, 15) is 14.0 Å². The third-order valence-electron chi connectivity index (χ3n) is 3.87. The second-order valence-corrected chi connectivity index (χ2v) is 7.19. The monoisotopic (exact) mass is 398 g/mol. The van der Waals surface area contributed by atoms with Gasteiger partial charge < -0.3 is 15.2 Å². The Kier molecular flexibility index (Phi) is 6.10. The predicted octanol–water partition coefficient (Wildman–Crippen LogP) is 3.65. The highest BCUT2D eigenvalue weighted by atomic mass is 32.2. The van der Waals surface area contributed by atoms with E-state index in [0.717, 1.165) is 11.3 Å². The summed E-state index contributed by atoms with van der Waals surface area (Å²) >= 11 is 1.26. The van der Waals surface area contributed by atoms with Gasteiger partial charge in [-0.2, -0.15) is 0 Å². The highest BCUT2D eigenvalue weighted by Crippen LogP contribution is 2.22. The van der Waals surface area contributed by atoms with Crippen molar-refractivity contribution in [2.24, 2.45) is 0 Å². The summed E-state index contributed by atoms with van der Waals surface area (Å²) in [6, 6.07) is 12.8. The summed E-state index contributed by atoms with van der Waals surface area (Å²) < 4.78 is 13.0. The Morgan fingerprint density at radius 1 is 1.11 bits per heavy atom. The molecule has 2 N–H and O–H groups in total. The molecule has 8 heteroatoms. The van der Waals surface area contributed by atoms with E-state index in [2.05, 4.69) is 15.3 Å². The van der Waals surface area contributed by atoms with Crippen LogP contribution < -0.4 is 5.32 Å². The summed E-state index contributed by atoms with van der Waals surface area (Å²) in [6.45, 7) is 0. The molecule has 0 saturated carbocycles. The predicted molar refractivity (Wildman–Crippen MR) is 108 cm³/mol. The molecule has 0 unspecified atom stereocenters. The van der Waals surface area contributed by atoms with Crippen molar-refractivity contribution in [3.8, 4) is 11.3 Å². The molecule has 0 aliphatic heterocycles. The lowest BCUT2D eigenvalue weighted by molar-refractivity contribution is -0.113. The minimum Gasteiger partial charge on any atom is -0.345 e. The zero-order valence-corrected chi connectivity index (χ0v) is 16.2. The number of hydrogen-bond donors (Lipinski definition) is 2. The van der Waals surface area contributed by atoms with E-state index < -0.39 is 0 Å². The Bertz CT molecular complexity index is 969. The van der Waals surface area contributed by atoms with E-state index in [1.165, 1.54) is 28.8 Å². The molecule has 28 heavy (non-hydrogen) atoms. The summed E-state index contributed by atoms with van der Waals surface area (Å²) in [6.07, 6.45) is 1.65. The van der Waals surface area contributed by atoms with Gasteiger partial charge in [-0.3, -0.25) is 9.59 Å². The maximum absolute atomic E-state index is 13.0. The molecule has 1 aromatic heterocycles. The fourth-order valence-electron chi connectivity index (χ4n) is 2.44. The van der Waals surface area contributed by atoms with Crippen LogP contribution in [0, 0.1) is 5.82 Å². The van der Waals surface area contributed by atoms with Gasteiger partial charge in [-0.25, -0.2) is 9.37 Å². The van der Waals surface area contributed by atoms with Crippen LogP contribution in [0.25, 0.3) is 11.3 Å². The molecule has 3 aromatic rings. The molecule has 0 aliphatic rings. The number of carbonyl (C=O) groups excluding carboxylic acids is 2. The van der Waals surface area contributed by atoms with E-state index in [1.807, 2.05) is 0 Å². The van der Waals surface area contributed by atoms with Crippen LogP contribution in [0.2, 0.25) is 0 Å². The minimum atomic E-state index is -0.298. The number of carbonyl (C=O) groups is 2. The lowest BCUT2D eigenvalue weighted by atomic mass is 10.2. The van der Waals surface area contributed by atoms with Crippen LogP contribution >= 0.6 is 11.8 Å². The number of anilines is 1. The summed E-state index contributed by atoms with van der Waals surface area (Å²) in [5, 5.41) is 3.38. The highest BCUT2D eigenvalue weighted by Gasteiger charge is 2.10. The number of nitrogens with zero attached hydrogens (tertiary/aromatic N) is 2. The molecule has 1 heterocycles. The SMILES string of the molecule is CN(C)C(=O)c1ccc(NC(=O)CSc2ncc(-c3ccc(F)cc3)[nH]2)cc1. The van der Waals surface area contributed by atoms with Crippen molar-refractivity contribution in [3.63, 3.8) is 0 Å². The summed E-state index contributed by atoms with van der Waals surface area (Å²) in [7, 11) is 3.37. The Hall–Kier alpha value is -3.13. The van der Waals surface area contributed by atoms with Crippen molar-refractivity contribution in [3.05, 3.63) is 66.1 Å². The van der Waals surface area contributed by atoms with E-state index in [1.54, 1.807) is 56.7 Å². The Labute approximate surface area is 166 Å². The maximum Gasteiger partial charge on any atom is 0.253 e. The van der Waals surface area contributed by atoms with Crippen LogP contribution in [0.15, 0.2) is 59.9 Å². The van der Waals surface area contributed by atoms with Crippen molar-refractivity contribution in [1.29, 1.82) is 0 Å². The Morgan fingerprint density at radius 3 is 2.43 bits per heavy atom. The smallest absolute Gasteiger partial charge is 0.253 e.